The molecule has 0 radical (unpaired) electrons. The first kappa shape index (κ1) is 21.9. The largest absolute Gasteiger partial charge is 0.366 e. The van der Waals surface area contributed by atoms with Crippen molar-refractivity contribution in [2.24, 2.45) is 3.77 Å². The van der Waals surface area contributed by atoms with E-state index in [0.29, 0.717) is 12.0 Å². The Labute approximate surface area is 193 Å². The van der Waals surface area contributed by atoms with E-state index in [-0.39, 0.29) is 4.90 Å². The zero-order valence-electron chi connectivity index (χ0n) is 17.0. The first-order valence-corrected chi connectivity index (χ1v) is 13.5. The Bertz CT molecular complexity index is 1240. The monoisotopic (exact) mass is 519 g/mol. The van der Waals surface area contributed by atoms with Crippen LogP contribution in [0.2, 0.25) is 0 Å². The van der Waals surface area contributed by atoms with Crippen LogP contribution in [0.4, 0.5) is 17.5 Å². The second-order valence-corrected chi connectivity index (χ2v) is 11.6. The maximum absolute atomic E-state index is 12.7. The van der Waals surface area contributed by atoms with E-state index in [1.807, 2.05) is 31.2 Å². The van der Waals surface area contributed by atoms with Gasteiger partial charge in [-0.25, -0.2) is 4.98 Å². The van der Waals surface area contributed by atoms with Crippen molar-refractivity contribution in [3.8, 4) is 0 Å². The molecule has 0 bridgehead atoms. The molecule has 1 atom stereocenters. The topological polar surface area (TPSA) is 96.3 Å². The van der Waals surface area contributed by atoms with Crippen LogP contribution in [0.25, 0.3) is 0 Å². The van der Waals surface area contributed by atoms with Crippen molar-refractivity contribution in [3.05, 3.63) is 64.8 Å². The van der Waals surface area contributed by atoms with Gasteiger partial charge in [-0.3, -0.25) is 0 Å². The maximum Gasteiger partial charge on any atom is 0.288 e. The molecular formula is C21H22BrN5O2S2. The van der Waals surface area contributed by atoms with Gasteiger partial charge in [-0.05, 0) is 72.3 Å². The number of benzene rings is 2. The number of nitrogens with zero attached hydrogens (tertiary/aromatic N) is 3. The van der Waals surface area contributed by atoms with Crippen LogP contribution < -0.4 is 10.6 Å². The number of aryl methyl sites for hydroxylation is 1. The van der Waals surface area contributed by atoms with E-state index in [1.165, 1.54) is 0 Å². The van der Waals surface area contributed by atoms with Gasteiger partial charge in [0.25, 0.3) is 10.0 Å². The van der Waals surface area contributed by atoms with Crippen molar-refractivity contribution in [2.45, 2.75) is 35.6 Å². The van der Waals surface area contributed by atoms with Crippen molar-refractivity contribution in [1.82, 2.24) is 9.97 Å². The molecule has 1 aliphatic carbocycles. The molecule has 2 N–H and O–H groups in total. The van der Waals surface area contributed by atoms with E-state index >= 15 is 0 Å². The fraction of sp³-hybridized carbons (Fsp3) is 0.238. The highest BCUT2D eigenvalue weighted by molar-refractivity contribution is 9.10. The Morgan fingerprint density at radius 3 is 2.61 bits per heavy atom. The predicted molar refractivity (Wildman–Crippen MR) is 128 cm³/mol. The highest BCUT2D eigenvalue weighted by Gasteiger charge is 2.22. The summed E-state index contributed by atoms with van der Waals surface area (Å²) in [4.78, 5) is 9.85. The molecule has 162 valence electrons. The Morgan fingerprint density at radius 2 is 1.90 bits per heavy atom. The molecule has 2 aromatic carbocycles. The Hall–Kier alpha value is -2.30. The van der Waals surface area contributed by atoms with Crippen LogP contribution in [0.3, 0.4) is 0 Å². The Balaban J connectivity index is 1.55. The lowest BCUT2D eigenvalue weighted by Gasteiger charge is -2.11. The summed E-state index contributed by atoms with van der Waals surface area (Å²) in [5.41, 5.74) is 1.76. The molecule has 10 heteroatoms. The van der Waals surface area contributed by atoms with E-state index in [4.69, 9.17) is 0 Å². The average molecular weight is 520 g/mol. The number of hydrogen-bond acceptors (Lipinski definition) is 6. The van der Waals surface area contributed by atoms with Crippen molar-refractivity contribution in [1.29, 1.82) is 0 Å². The van der Waals surface area contributed by atoms with Gasteiger partial charge in [-0.15, -0.1) is 3.77 Å². The molecule has 3 aromatic rings. The number of rotatable bonds is 7. The van der Waals surface area contributed by atoms with Crippen molar-refractivity contribution >= 4 is 54.1 Å². The summed E-state index contributed by atoms with van der Waals surface area (Å²) >= 11 is 3.47. The molecule has 0 spiro atoms. The van der Waals surface area contributed by atoms with Crippen LogP contribution in [0.5, 0.6) is 0 Å². The molecule has 0 saturated heterocycles. The molecule has 4 rings (SSSR count). The molecule has 31 heavy (non-hydrogen) atoms. The number of sulfonamides is 1. The predicted octanol–water partition coefficient (Wildman–Crippen LogP) is 5.04. The molecule has 1 saturated carbocycles. The molecule has 1 fully saturated rings. The second kappa shape index (κ2) is 9.05. The minimum absolute atomic E-state index is 0.200. The quantitative estimate of drug-likeness (QED) is 0.453. The van der Waals surface area contributed by atoms with Crippen LogP contribution in [-0.4, -0.2) is 30.7 Å². The first-order valence-electron chi connectivity index (χ1n) is 9.67. The van der Waals surface area contributed by atoms with E-state index in [2.05, 4.69) is 40.3 Å². The van der Waals surface area contributed by atoms with Gasteiger partial charge >= 0.3 is 0 Å². The fourth-order valence-corrected chi connectivity index (χ4v) is 6.00. The number of aromatic nitrogens is 2. The number of hydrogen-bond donors (Lipinski definition) is 2. The maximum atomic E-state index is 12.7. The molecule has 0 aliphatic heterocycles. The summed E-state index contributed by atoms with van der Waals surface area (Å²) in [6.45, 7) is 1.91. The fourth-order valence-electron chi connectivity index (χ4n) is 2.78. The van der Waals surface area contributed by atoms with Gasteiger partial charge in [0.1, 0.15) is 5.82 Å². The van der Waals surface area contributed by atoms with E-state index < -0.39 is 20.7 Å². The van der Waals surface area contributed by atoms with Crippen molar-refractivity contribution < 1.29 is 8.42 Å². The first-order chi connectivity index (χ1) is 14.8. The third-order valence-corrected chi connectivity index (χ3v) is 8.69. The van der Waals surface area contributed by atoms with Crippen molar-refractivity contribution in [3.63, 3.8) is 0 Å². The summed E-state index contributed by atoms with van der Waals surface area (Å²) in [5.74, 6) is 1.22. The highest BCUT2D eigenvalue weighted by atomic mass is 79.9. The smallest absolute Gasteiger partial charge is 0.288 e. The van der Waals surface area contributed by atoms with E-state index in [9.17, 15) is 8.42 Å². The van der Waals surface area contributed by atoms with Crippen LogP contribution in [0.1, 0.15) is 18.4 Å². The SMILES string of the molecule is Cc1ccc(S(=O)(=O)N=S(C)c2cccc(Nc3ncc(Br)c(NC4CC4)n3)c2)cc1. The summed E-state index contributed by atoms with van der Waals surface area (Å²) in [5, 5.41) is 6.56. The average Bonchev–Trinajstić information content (AvgIpc) is 3.55. The molecule has 0 amide bonds. The van der Waals surface area contributed by atoms with Crippen molar-refractivity contribution in [2.75, 3.05) is 16.9 Å². The van der Waals surface area contributed by atoms with Gasteiger partial charge in [0.05, 0.1) is 9.37 Å². The lowest BCUT2D eigenvalue weighted by molar-refractivity contribution is 0.598. The molecule has 7 nitrogen and oxygen atoms in total. The highest BCUT2D eigenvalue weighted by Crippen LogP contribution is 2.29. The Kier molecular flexibility index (Phi) is 6.40. The second-order valence-electron chi connectivity index (χ2n) is 7.30. The summed E-state index contributed by atoms with van der Waals surface area (Å²) in [7, 11) is -4.58. The van der Waals surface area contributed by atoms with Gasteiger partial charge in [-0.2, -0.15) is 13.4 Å². The lowest BCUT2D eigenvalue weighted by Crippen LogP contribution is -2.06. The van der Waals surface area contributed by atoms with Gasteiger partial charge in [0.15, 0.2) is 0 Å². The van der Waals surface area contributed by atoms with Gasteiger partial charge < -0.3 is 10.6 Å². The Morgan fingerprint density at radius 1 is 1.16 bits per heavy atom. The standard InChI is InChI=1S/C21H22BrN5O2S2/c1-14-6-10-18(11-7-14)31(28,29)27-30(2)17-5-3-4-16(12-17)25-21-23-13-19(22)20(26-21)24-15-8-9-15/h3-7,10-13,15H,8-9H2,1-2H3,(H2,23,24,25,26). The minimum Gasteiger partial charge on any atom is -0.366 e. The van der Waals surface area contributed by atoms with Crippen LogP contribution in [0, 0.1) is 6.92 Å². The molecule has 1 heterocycles. The molecule has 1 aromatic heterocycles. The van der Waals surface area contributed by atoms with Gasteiger partial charge in [-0.1, -0.05) is 34.5 Å². The van der Waals surface area contributed by atoms with Crippen LogP contribution >= 0.6 is 15.9 Å². The zero-order chi connectivity index (χ0) is 22.0. The zero-order valence-corrected chi connectivity index (χ0v) is 20.3. The third-order valence-electron chi connectivity index (χ3n) is 4.62. The molecule has 1 unspecified atom stereocenters. The van der Waals surface area contributed by atoms with Crippen LogP contribution in [0.15, 0.2) is 72.8 Å². The van der Waals surface area contributed by atoms with E-state index in [1.54, 1.807) is 36.7 Å². The summed E-state index contributed by atoms with van der Waals surface area (Å²) < 4.78 is 30.2. The lowest BCUT2D eigenvalue weighted by atomic mass is 10.2. The summed E-state index contributed by atoms with van der Waals surface area (Å²) in [6, 6.07) is 14.7. The van der Waals surface area contributed by atoms with Gasteiger partial charge in [0, 0.05) is 22.8 Å². The van der Waals surface area contributed by atoms with Gasteiger partial charge in [0.2, 0.25) is 5.95 Å². The third kappa shape index (κ3) is 5.69. The number of nitrogens with one attached hydrogen (secondary N) is 2. The number of halogens is 1. The van der Waals surface area contributed by atoms with E-state index in [0.717, 1.165) is 39.3 Å². The minimum atomic E-state index is -3.73. The normalized spacial score (nSPS) is 14.9. The van der Waals surface area contributed by atoms with Crippen LogP contribution in [-0.2, 0) is 20.7 Å². The number of anilines is 3. The summed E-state index contributed by atoms with van der Waals surface area (Å²) in [6.07, 6.45) is 5.79. The molecular weight excluding hydrogens is 498 g/mol. The molecule has 1 aliphatic rings.